The molecule has 2 atom stereocenters. The summed E-state index contributed by atoms with van der Waals surface area (Å²) in [7, 11) is 0. The molecule has 2 aliphatic heterocycles. The number of pyridine rings is 1. The summed E-state index contributed by atoms with van der Waals surface area (Å²) >= 11 is 0. The number of halogens is 3. The molecule has 170 valence electrons. The van der Waals surface area contributed by atoms with Crippen molar-refractivity contribution in [3.05, 3.63) is 47.8 Å². The van der Waals surface area contributed by atoms with Gasteiger partial charge in [0.2, 0.25) is 0 Å². The summed E-state index contributed by atoms with van der Waals surface area (Å²) in [6.07, 6.45) is 1.98. The van der Waals surface area contributed by atoms with Crippen LogP contribution in [0.25, 0.3) is 11.3 Å². The van der Waals surface area contributed by atoms with Crippen LogP contribution in [0.4, 0.5) is 19.0 Å². The summed E-state index contributed by atoms with van der Waals surface area (Å²) < 4.78 is 48.0. The van der Waals surface area contributed by atoms with Crippen molar-refractivity contribution < 1.29 is 17.9 Å². The second kappa shape index (κ2) is 7.59. The van der Waals surface area contributed by atoms with E-state index in [9.17, 15) is 13.2 Å². The fourth-order valence-electron chi connectivity index (χ4n) is 4.83. The molecule has 1 fully saturated rings. The Labute approximate surface area is 182 Å². The zero-order valence-electron chi connectivity index (χ0n) is 17.6. The van der Waals surface area contributed by atoms with Gasteiger partial charge in [-0.15, -0.1) is 0 Å². The lowest BCUT2D eigenvalue weighted by Gasteiger charge is -2.35. The first-order valence-corrected chi connectivity index (χ1v) is 10.6. The smallest absolute Gasteiger partial charge is 0.383 e. The number of hydrogen-bond donors (Lipinski definition) is 2. The number of likely N-dealkylation sites (tertiary alicyclic amines) is 1. The number of H-pyrrole nitrogens is 1. The third-order valence-corrected chi connectivity index (χ3v) is 6.37. The summed E-state index contributed by atoms with van der Waals surface area (Å²) in [4.78, 5) is 13.7. The fraction of sp³-hybridized carbons (Fsp3) is 0.476. The van der Waals surface area contributed by atoms with Gasteiger partial charge in [0.05, 0.1) is 36.1 Å². The molecule has 0 aromatic carbocycles. The molecule has 0 radical (unpaired) electrons. The van der Waals surface area contributed by atoms with E-state index in [-0.39, 0.29) is 11.6 Å². The molecular formula is C21H24F3N7O. The lowest BCUT2D eigenvalue weighted by molar-refractivity contribution is -0.137. The first-order chi connectivity index (χ1) is 15.3. The van der Waals surface area contributed by atoms with E-state index in [0.29, 0.717) is 25.4 Å². The van der Waals surface area contributed by atoms with Crippen LogP contribution in [0.1, 0.15) is 42.9 Å². The van der Waals surface area contributed by atoms with E-state index in [1.165, 1.54) is 6.20 Å². The molecule has 0 saturated carbocycles. The van der Waals surface area contributed by atoms with Crippen molar-refractivity contribution in [1.82, 2.24) is 29.6 Å². The molecule has 32 heavy (non-hydrogen) atoms. The van der Waals surface area contributed by atoms with Crippen molar-refractivity contribution in [3.8, 4) is 11.3 Å². The minimum Gasteiger partial charge on any atom is -0.383 e. The van der Waals surface area contributed by atoms with E-state index in [4.69, 9.17) is 10.5 Å². The van der Waals surface area contributed by atoms with Crippen molar-refractivity contribution >= 4 is 5.82 Å². The number of nitrogens with zero attached hydrogens (tertiary/aromatic N) is 5. The van der Waals surface area contributed by atoms with Crippen LogP contribution in [0.5, 0.6) is 0 Å². The third-order valence-electron chi connectivity index (χ3n) is 6.37. The Kier molecular flexibility index (Phi) is 4.97. The average Bonchev–Trinajstić information content (AvgIpc) is 3.50. The molecule has 0 amide bonds. The van der Waals surface area contributed by atoms with E-state index >= 15 is 0 Å². The highest BCUT2D eigenvalue weighted by molar-refractivity contribution is 5.63. The zero-order chi connectivity index (χ0) is 22.5. The Balaban J connectivity index is 1.47. The van der Waals surface area contributed by atoms with Gasteiger partial charge in [0.1, 0.15) is 17.2 Å². The standard InChI is InChI=1S/C21H24F3N7O/c1-2-16(19-26-4-5-27-19)30-6-3-20(12-30)17-10-15(29-31(17)7-8-32-20)13-9-14(21(22,23)24)18(25)28-11-13/h4-5,9-11,16H,2-3,6-8,12H2,1H3,(H2,25,28)(H,26,27)/t16-,20?/m1/s1. The Bertz CT molecular complexity index is 1110. The van der Waals surface area contributed by atoms with Gasteiger partial charge < -0.3 is 15.5 Å². The highest BCUT2D eigenvalue weighted by atomic mass is 19.4. The number of nitrogens with two attached hydrogens (primary N) is 1. The number of ether oxygens (including phenoxy) is 1. The van der Waals surface area contributed by atoms with E-state index in [1.54, 1.807) is 6.20 Å². The number of nitrogens with one attached hydrogen (secondary N) is 1. The quantitative estimate of drug-likeness (QED) is 0.637. The maximum Gasteiger partial charge on any atom is 0.419 e. The van der Waals surface area contributed by atoms with Crippen molar-refractivity contribution in [2.75, 3.05) is 25.4 Å². The molecule has 5 heterocycles. The van der Waals surface area contributed by atoms with Crippen LogP contribution in [0, 0.1) is 0 Å². The lowest BCUT2D eigenvalue weighted by Crippen LogP contribution is -2.41. The Hall–Kier alpha value is -2.92. The van der Waals surface area contributed by atoms with Crippen LogP contribution in [0.15, 0.2) is 30.7 Å². The summed E-state index contributed by atoms with van der Waals surface area (Å²) in [5, 5.41) is 4.58. The minimum atomic E-state index is -4.58. The van der Waals surface area contributed by atoms with Crippen LogP contribution in [0.3, 0.4) is 0 Å². The van der Waals surface area contributed by atoms with Crippen molar-refractivity contribution in [2.45, 2.75) is 44.1 Å². The van der Waals surface area contributed by atoms with Gasteiger partial charge in [-0.05, 0) is 25.0 Å². The highest BCUT2D eigenvalue weighted by Crippen LogP contribution is 2.43. The van der Waals surface area contributed by atoms with Crippen LogP contribution in [-0.4, -0.2) is 49.3 Å². The summed E-state index contributed by atoms with van der Waals surface area (Å²) in [6, 6.07) is 2.97. The van der Waals surface area contributed by atoms with Crippen LogP contribution < -0.4 is 5.73 Å². The maximum absolute atomic E-state index is 13.3. The van der Waals surface area contributed by atoms with E-state index < -0.39 is 23.2 Å². The zero-order valence-corrected chi connectivity index (χ0v) is 17.6. The molecule has 1 spiro atoms. The van der Waals surface area contributed by atoms with Gasteiger partial charge in [-0.3, -0.25) is 9.58 Å². The number of aromatic nitrogens is 5. The molecule has 0 bridgehead atoms. The number of rotatable bonds is 4. The Morgan fingerprint density at radius 2 is 2.12 bits per heavy atom. The molecule has 11 heteroatoms. The summed E-state index contributed by atoms with van der Waals surface area (Å²) in [5.41, 5.74) is 5.52. The SMILES string of the molecule is CC[C@H](c1ncc[nH]1)N1CCC2(C1)OCCn1nc(-c3cnc(N)c(C(F)(F)F)c3)cc12. The number of aromatic amines is 1. The van der Waals surface area contributed by atoms with E-state index in [1.807, 2.05) is 16.9 Å². The number of imidazole rings is 1. The van der Waals surface area contributed by atoms with Crippen LogP contribution >= 0.6 is 0 Å². The normalized spacial score (nSPS) is 22.4. The molecule has 1 unspecified atom stereocenters. The average molecular weight is 447 g/mol. The summed E-state index contributed by atoms with van der Waals surface area (Å²) in [6.45, 7) is 4.63. The monoisotopic (exact) mass is 447 g/mol. The second-order valence-electron chi connectivity index (χ2n) is 8.25. The number of anilines is 1. The molecular weight excluding hydrogens is 423 g/mol. The Morgan fingerprint density at radius 1 is 1.28 bits per heavy atom. The van der Waals surface area contributed by atoms with Gasteiger partial charge in [-0.25, -0.2) is 9.97 Å². The number of hydrogen-bond acceptors (Lipinski definition) is 6. The highest BCUT2D eigenvalue weighted by Gasteiger charge is 2.47. The van der Waals surface area contributed by atoms with E-state index in [2.05, 4.69) is 31.9 Å². The molecule has 2 aliphatic rings. The maximum atomic E-state index is 13.3. The molecule has 8 nitrogen and oxygen atoms in total. The molecule has 3 aromatic rings. The third kappa shape index (κ3) is 3.45. The van der Waals surface area contributed by atoms with Crippen LogP contribution in [0.2, 0.25) is 0 Å². The first kappa shape index (κ1) is 21.0. The van der Waals surface area contributed by atoms with Gasteiger partial charge in [0.15, 0.2) is 0 Å². The minimum absolute atomic E-state index is 0.140. The number of fused-ring (bicyclic) bond motifs is 2. The fourth-order valence-corrected chi connectivity index (χ4v) is 4.83. The summed E-state index contributed by atoms with van der Waals surface area (Å²) in [5.74, 6) is 0.377. The van der Waals surface area contributed by atoms with Gasteiger partial charge in [0.25, 0.3) is 0 Å². The van der Waals surface area contributed by atoms with Crippen LogP contribution in [-0.2, 0) is 23.1 Å². The molecule has 5 rings (SSSR count). The number of nitrogen functional groups attached to an aromatic ring is 1. The van der Waals surface area contributed by atoms with Gasteiger partial charge in [-0.1, -0.05) is 6.92 Å². The van der Waals surface area contributed by atoms with Gasteiger partial charge in [-0.2, -0.15) is 18.3 Å². The second-order valence-corrected chi connectivity index (χ2v) is 8.25. The van der Waals surface area contributed by atoms with Crippen molar-refractivity contribution in [3.63, 3.8) is 0 Å². The largest absolute Gasteiger partial charge is 0.419 e. The molecule has 1 saturated heterocycles. The predicted molar refractivity (Wildman–Crippen MR) is 110 cm³/mol. The first-order valence-electron chi connectivity index (χ1n) is 10.6. The Morgan fingerprint density at radius 3 is 2.84 bits per heavy atom. The molecule has 0 aliphatic carbocycles. The van der Waals surface area contributed by atoms with Crippen molar-refractivity contribution in [2.24, 2.45) is 0 Å². The lowest BCUT2D eigenvalue weighted by atomic mass is 9.96. The van der Waals surface area contributed by atoms with E-state index in [0.717, 1.165) is 37.0 Å². The number of alkyl halides is 3. The van der Waals surface area contributed by atoms with Gasteiger partial charge in [0, 0.05) is 37.2 Å². The predicted octanol–water partition coefficient (Wildman–Crippen LogP) is 3.35. The molecule has 3 N–H and O–H groups in total. The van der Waals surface area contributed by atoms with Gasteiger partial charge >= 0.3 is 6.18 Å². The topological polar surface area (TPSA) is 97.9 Å². The van der Waals surface area contributed by atoms with Crippen molar-refractivity contribution in [1.29, 1.82) is 0 Å². The molecule has 3 aromatic heterocycles.